The molecule has 1 N–H and O–H groups in total. The Morgan fingerprint density at radius 1 is 1.29 bits per heavy atom. The molecule has 2 rings (SSSR count). The zero-order valence-corrected chi connectivity index (χ0v) is 15.4. The van der Waals surface area contributed by atoms with Crippen LogP contribution in [0.25, 0.3) is 0 Å². The van der Waals surface area contributed by atoms with Crippen LogP contribution >= 0.6 is 0 Å². The van der Waals surface area contributed by atoms with Crippen molar-refractivity contribution in [1.29, 1.82) is 0 Å². The molecular weight excluding hydrogens is 306 g/mol. The molecule has 0 radical (unpaired) electrons. The molecule has 0 saturated carbocycles. The number of piperidine rings is 1. The molecule has 1 atom stereocenters. The molecule has 24 heavy (non-hydrogen) atoms. The van der Waals surface area contributed by atoms with Gasteiger partial charge >= 0.3 is 6.03 Å². The Labute approximate surface area is 144 Å². The van der Waals surface area contributed by atoms with Crippen molar-refractivity contribution in [3.05, 3.63) is 11.4 Å². The first-order chi connectivity index (χ1) is 11.4. The van der Waals surface area contributed by atoms with Crippen molar-refractivity contribution in [2.75, 3.05) is 31.5 Å². The molecule has 1 saturated heterocycles. The highest BCUT2D eigenvalue weighted by molar-refractivity contribution is 5.91. The highest BCUT2D eigenvalue weighted by Crippen LogP contribution is 2.22. The number of hydrogen-bond acceptors (Lipinski definition) is 3. The lowest BCUT2D eigenvalue weighted by atomic mass is 9.96. The second-order valence-electron chi connectivity index (χ2n) is 6.40. The van der Waals surface area contributed by atoms with Gasteiger partial charge in [0, 0.05) is 33.2 Å². The summed E-state index contributed by atoms with van der Waals surface area (Å²) in [7, 11) is 1.86. The number of carbonyl (C=O) groups is 2. The van der Waals surface area contributed by atoms with Crippen molar-refractivity contribution in [2.24, 2.45) is 13.0 Å². The fraction of sp³-hybridized carbons (Fsp3) is 0.706. The summed E-state index contributed by atoms with van der Waals surface area (Å²) in [5.41, 5.74) is 2.49. The molecule has 0 bridgehead atoms. The number of aryl methyl sites for hydroxylation is 2. The predicted molar refractivity (Wildman–Crippen MR) is 93.9 cm³/mol. The summed E-state index contributed by atoms with van der Waals surface area (Å²) < 4.78 is 1.76. The minimum absolute atomic E-state index is 0.0968. The zero-order valence-electron chi connectivity index (χ0n) is 15.4. The van der Waals surface area contributed by atoms with Gasteiger partial charge in [-0.25, -0.2) is 4.79 Å². The first kappa shape index (κ1) is 18.3. The van der Waals surface area contributed by atoms with Crippen LogP contribution in [0.5, 0.6) is 0 Å². The third-order valence-electron chi connectivity index (χ3n) is 4.87. The second kappa shape index (κ2) is 7.68. The molecule has 1 fully saturated rings. The SMILES string of the molecule is CCN(CC)C(=O)[C@@H]1CCCN(C(=O)Nc2c(C)nn(C)c2C)C1. The summed E-state index contributed by atoms with van der Waals surface area (Å²) in [6.45, 7) is 10.4. The third-order valence-corrected chi connectivity index (χ3v) is 4.87. The molecule has 7 heteroatoms. The Morgan fingerprint density at radius 3 is 2.50 bits per heavy atom. The fourth-order valence-electron chi connectivity index (χ4n) is 3.30. The maximum atomic E-state index is 12.6. The number of nitrogens with zero attached hydrogens (tertiary/aromatic N) is 4. The maximum absolute atomic E-state index is 12.6. The van der Waals surface area contributed by atoms with Gasteiger partial charge < -0.3 is 15.1 Å². The number of urea groups is 1. The smallest absolute Gasteiger partial charge is 0.321 e. The normalized spacial score (nSPS) is 17.7. The van der Waals surface area contributed by atoms with E-state index in [1.807, 2.05) is 39.6 Å². The Balaban J connectivity index is 2.03. The quantitative estimate of drug-likeness (QED) is 0.916. The van der Waals surface area contributed by atoms with Crippen molar-refractivity contribution >= 4 is 17.6 Å². The largest absolute Gasteiger partial charge is 0.343 e. The van der Waals surface area contributed by atoms with Crippen LogP contribution in [0.15, 0.2) is 0 Å². The van der Waals surface area contributed by atoms with Crippen molar-refractivity contribution < 1.29 is 9.59 Å². The number of nitrogens with one attached hydrogen (secondary N) is 1. The van der Waals surface area contributed by atoms with Gasteiger partial charge in [-0.15, -0.1) is 0 Å². The van der Waals surface area contributed by atoms with Gasteiger partial charge in [-0.05, 0) is 40.5 Å². The first-order valence-electron chi connectivity index (χ1n) is 8.73. The van der Waals surface area contributed by atoms with E-state index in [4.69, 9.17) is 0 Å². The number of aromatic nitrogens is 2. The average Bonchev–Trinajstić information content (AvgIpc) is 2.82. The monoisotopic (exact) mass is 335 g/mol. The van der Waals surface area contributed by atoms with Gasteiger partial charge in [0.05, 0.1) is 23.0 Å². The minimum atomic E-state index is -0.147. The van der Waals surface area contributed by atoms with E-state index in [1.165, 1.54) is 0 Å². The summed E-state index contributed by atoms with van der Waals surface area (Å²) in [6, 6.07) is -0.147. The van der Waals surface area contributed by atoms with Crippen LogP contribution in [0.4, 0.5) is 10.5 Å². The second-order valence-corrected chi connectivity index (χ2v) is 6.40. The van der Waals surface area contributed by atoms with E-state index in [0.717, 1.165) is 29.9 Å². The molecule has 1 aliphatic heterocycles. The van der Waals surface area contributed by atoms with E-state index in [-0.39, 0.29) is 17.9 Å². The summed E-state index contributed by atoms with van der Waals surface area (Å²) in [6.07, 6.45) is 1.71. The number of hydrogen-bond donors (Lipinski definition) is 1. The Kier molecular flexibility index (Phi) is 5.85. The standard InChI is InChI=1S/C17H29N5O2/c1-6-21(7-2)16(23)14-9-8-10-22(11-14)17(24)18-15-12(3)19-20(5)13(15)4/h14H,6-11H2,1-5H3,(H,18,24)/t14-/m1/s1. The van der Waals surface area contributed by atoms with Crippen molar-refractivity contribution in [1.82, 2.24) is 19.6 Å². The highest BCUT2D eigenvalue weighted by Gasteiger charge is 2.30. The number of likely N-dealkylation sites (tertiary alicyclic amines) is 1. The molecule has 2 heterocycles. The van der Waals surface area contributed by atoms with E-state index in [2.05, 4.69) is 10.4 Å². The molecule has 3 amide bonds. The average molecular weight is 335 g/mol. The molecule has 0 spiro atoms. The maximum Gasteiger partial charge on any atom is 0.321 e. The van der Waals surface area contributed by atoms with Crippen molar-refractivity contribution in [3.63, 3.8) is 0 Å². The highest BCUT2D eigenvalue weighted by atomic mass is 16.2. The lowest BCUT2D eigenvalue weighted by Crippen LogP contribution is -2.48. The van der Waals surface area contributed by atoms with Crippen molar-refractivity contribution in [3.8, 4) is 0 Å². The van der Waals surface area contributed by atoms with Crippen LogP contribution in [0.2, 0.25) is 0 Å². The van der Waals surface area contributed by atoms with Crippen LogP contribution in [-0.4, -0.2) is 57.7 Å². The van der Waals surface area contributed by atoms with Crippen LogP contribution in [-0.2, 0) is 11.8 Å². The van der Waals surface area contributed by atoms with Crippen LogP contribution in [0, 0.1) is 19.8 Å². The van der Waals surface area contributed by atoms with Crippen LogP contribution < -0.4 is 5.32 Å². The number of carbonyl (C=O) groups excluding carboxylic acids is 2. The van der Waals surface area contributed by atoms with E-state index < -0.39 is 0 Å². The van der Waals surface area contributed by atoms with Gasteiger partial charge in [0.1, 0.15) is 0 Å². The van der Waals surface area contributed by atoms with Gasteiger partial charge in [0.15, 0.2) is 0 Å². The van der Waals surface area contributed by atoms with Gasteiger partial charge in [-0.1, -0.05) is 0 Å². The molecule has 0 aromatic carbocycles. The summed E-state index contributed by atoms with van der Waals surface area (Å²) in [4.78, 5) is 28.8. The van der Waals surface area contributed by atoms with Gasteiger partial charge in [0.25, 0.3) is 0 Å². The van der Waals surface area contributed by atoms with E-state index >= 15 is 0 Å². The molecule has 1 aromatic rings. The minimum Gasteiger partial charge on any atom is -0.343 e. The number of anilines is 1. The fourth-order valence-corrected chi connectivity index (χ4v) is 3.30. The van der Waals surface area contributed by atoms with Gasteiger partial charge in [-0.3, -0.25) is 9.48 Å². The van der Waals surface area contributed by atoms with Crippen LogP contribution in [0.1, 0.15) is 38.1 Å². The molecule has 0 unspecified atom stereocenters. The zero-order chi connectivity index (χ0) is 17.9. The summed E-state index contributed by atoms with van der Waals surface area (Å²) in [5, 5.41) is 7.28. The predicted octanol–water partition coefficient (Wildman–Crippen LogP) is 2.15. The lowest BCUT2D eigenvalue weighted by molar-refractivity contribution is -0.136. The van der Waals surface area contributed by atoms with E-state index in [1.54, 1.807) is 9.58 Å². The summed E-state index contributed by atoms with van der Waals surface area (Å²) in [5.74, 6) is 0.0618. The molecule has 7 nitrogen and oxygen atoms in total. The van der Waals surface area contributed by atoms with Gasteiger partial charge in [-0.2, -0.15) is 5.10 Å². The molecule has 1 aliphatic rings. The molecule has 1 aromatic heterocycles. The van der Waals surface area contributed by atoms with Crippen LogP contribution in [0.3, 0.4) is 0 Å². The Morgan fingerprint density at radius 2 is 1.96 bits per heavy atom. The Bertz CT molecular complexity index is 606. The molecule has 134 valence electrons. The number of rotatable bonds is 4. The lowest BCUT2D eigenvalue weighted by Gasteiger charge is -2.34. The first-order valence-corrected chi connectivity index (χ1v) is 8.73. The van der Waals surface area contributed by atoms with E-state index in [9.17, 15) is 9.59 Å². The molecule has 0 aliphatic carbocycles. The summed E-state index contributed by atoms with van der Waals surface area (Å²) >= 11 is 0. The van der Waals surface area contributed by atoms with Gasteiger partial charge in [0.2, 0.25) is 5.91 Å². The molecular formula is C17H29N5O2. The Hall–Kier alpha value is -2.05. The number of amides is 3. The third kappa shape index (κ3) is 3.71. The topological polar surface area (TPSA) is 70.5 Å². The van der Waals surface area contributed by atoms with Crippen molar-refractivity contribution in [2.45, 2.75) is 40.5 Å². The van der Waals surface area contributed by atoms with E-state index in [0.29, 0.717) is 26.2 Å².